The topological polar surface area (TPSA) is 92.8 Å². The van der Waals surface area contributed by atoms with E-state index in [2.05, 4.69) is 21.6 Å². The van der Waals surface area contributed by atoms with Gasteiger partial charge in [-0.05, 0) is 56.9 Å². The largest absolute Gasteiger partial charge is 0.497 e. The molecule has 1 aliphatic carbocycles. The molecule has 0 saturated heterocycles. The highest BCUT2D eigenvalue weighted by atomic mass is 32.2. The van der Waals surface area contributed by atoms with Crippen molar-refractivity contribution in [2.24, 2.45) is 5.92 Å². The number of hydrogen-bond acceptors (Lipinski definition) is 6. The lowest BCUT2D eigenvalue weighted by atomic mass is 9.98. The van der Waals surface area contributed by atoms with Crippen LogP contribution in [0.4, 0.5) is 0 Å². The Kier molecular flexibility index (Phi) is 5.71. The molecule has 0 unspecified atom stereocenters. The molecule has 3 rings (SSSR count). The lowest BCUT2D eigenvalue weighted by molar-refractivity contribution is -0.119. The molecule has 1 heterocycles. The predicted octanol–water partition coefficient (Wildman–Crippen LogP) is 2.87. The van der Waals surface area contributed by atoms with Crippen LogP contribution in [0.1, 0.15) is 26.7 Å². The van der Waals surface area contributed by atoms with E-state index in [9.17, 15) is 10.1 Å². The number of benzene rings is 1. The molecule has 1 aromatic heterocycles. The van der Waals surface area contributed by atoms with Crippen LogP contribution in [0, 0.1) is 17.2 Å². The number of ether oxygens (including phenoxy) is 1. The summed E-state index contributed by atoms with van der Waals surface area (Å²) in [4.78, 5) is 12.3. The normalized spacial score (nSPS) is 15.6. The second kappa shape index (κ2) is 8.01. The smallest absolute Gasteiger partial charge is 0.231 e. The Morgan fingerprint density at radius 1 is 1.41 bits per heavy atom. The molecule has 1 N–H and O–H groups in total. The third-order valence-electron chi connectivity index (χ3n) is 4.74. The first kappa shape index (κ1) is 19.2. The van der Waals surface area contributed by atoms with Crippen molar-refractivity contribution in [3.63, 3.8) is 0 Å². The molecule has 0 bridgehead atoms. The van der Waals surface area contributed by atoms with E-state index in [1.807, 2.05) is 35.8 Å². The van der Waals surface area contributed by atoms with E-state index < -0.39 is 5.54 Å². The fraction of sp³-hybridized carbons (Fsp3) is 0.474. The zero-order valence-electron chi connectivity index (χ0n) is 15.7. The number of nitrogens with one attached hydrogen (secondary N) is 1. The van der Waals surface area contributed by atoms with Gasteiger partial charge in [0, 0.05) is 12.1 Å². The SMILES string of the molecule is CCn1c(SCC(=O)N[C@@](C)(C#N)C2CC2)nnc1-c1ccc(OC)cc1. The third kappa shape index (κ3) is 4.25. The van der Waals surface area contributed by atoms with Gasteiger partial charge in [-0.25, -0.2) is 0 Å². The molecule has 1 aromatic carbocycles. The van der Waals surface area contributed by atoms with E-state index >= 15 is 0 Å². The van der Waals surface area contributed by atoms with Crippen molar-refractivity contribution in [2.45, 2.75) is 43.9 Å². The van der Waals surface area contributed by atoms with E-state index in [1.165, 1.54) is 11.8 Å². The van der Waals surface area contributed by atoms with Gasteiger partial charge in [0.25, 0.3) is 0 Å². The third-order valence-corrected chi connectivity index (χ3v) is 5.71. The molecule has 142 valence electrons. The Bertz CT molecular complexity index is 854. The molecule has 1 atom stereocenters. The minimum absolute atomic E-state index is 0.160. The van der Waals surface area contributed by atoms with Crippen molar-refractivity contribution in [1.82, 2.24) is 20.1 Å². The van der Waals surface area contributed by atoms with Crippen molar-refractivity contribution in [3.05, 3.63) is 24.3 Å². The molecule has 1 fully saturated rings. The number of amides is 1. The first-order chi connectivity index (χ1) is 13.0. The molecule has 0 aliphatic heterocycles. The van der Waals surface area contributed by atoms with Crippen molar-refractivity contribution < 1.29 is 9.53 Å². The highest BCUT2D eigenvalue weighted by molar-refractivity contribution is 7.99. The zero-order chi connectivity index (χ0) is 19.4. The van der Waals surface area contributed by atoms with Gasteiger partial charge in [-0.1, -0.05) is 11.8 Å². The lowest BCUT2D eigenvalue weighted by Crippen LogP contribution is -2.47. The Labute approximate surface area is 163 Å². The van der Waals surface area contributed by atoms with Crippen LogP contribution in [0.3, 0.4) is 0 Å². The number of rotatable bonds is 8. The maximum atomic E-state index is 12.3. The Morgan fingerprint density at radius 2 is 2.11 bits per heavy atom. The van der Waals surface area contributed by atoms with Gasteiger partial charge >= 0.3 is 0 Å². The molecule has 2 aromatic rings. The number of aromatic nitrogens is 3. The standard InChI is InChI=1S/C19H23N5O2S/c1-4-24-17(13-5-9-15(26-3)10-6-13)22-23-18(24)27-11-16(25)21-19(2,12-20)14-7-8-14/h5-6,9-10,14H,4,7-8,11H2,1-3H3,(H,21,25)/t19-/m0/s1. The van der Waals surface area contributed by atoms with Gasteiger partial charge in [-0.15, -0.1) is 10.2 Å². The minimum atomic E-state index is -0.773. The lowest BCUT2D eigenvalue weighted by Gasteiger charge is -2.22. The minimum Gasteiger partial charge on any atom is -0.497 e. The molecular formula is C19H23N5O2S. The van der Waals surface area contributed by atoms with E-state index in [0.29, 0.717) is 11.7 Å². The second-order valence-corrected chi connectivity index (χ2v) is 7.65. The Balaban J connectivity index is 1.67. The summed E-state index contributed by atoms with van der Waals surface area (Å²) in [6.07, 6.45) is 1.99. The summed E-state index contributed by atoms with van der Waals surface area (Å²) in [7, 11) is 1.63. The molecule has 1 amide bonds. The summed E-state index contributed by atoms with van der Waals surface area (Å²) in [5.74, 6) is 1.83. The van der Waals surface area contributed by atoms with Crippen molar-refractivity contribution in [2.75, 3.05) is 12.9 Å². The maximum absolute atomic E-state index is 12.3. The van der Waals surface area contributed by atoms with Crippen molar-refractivity contribution in [1.29, 1.82) is 5.26 Å². The summed E-state index contributed by atoms with van der Waals surface area (Å²) < 4.78 is 7.16. The summed E-state index contributed by atoms with van der Waals surface area (Å²) in [5, 5.41) is 21.5. The van der Waals surface area contributed by atoms with E-state index in [1.54, 1.807) is 14.0 Å². The number of carbonyl (C=O) groups is 1. The Hall–Kier alpha value is -2.53. The van der Waals surface area contributed by atoms with Crippen LogP contribution in [0.25, 0.3) is 11.4 Å². The highest BCUT2D eigenvalue weighted by Crippen LogP contribution is 2.39. The molecule has 0 spiro atoms. The number of nitrogens with zero attached hydrogens (tertiary/aromatic N) is 4. The Morgan fingerprint density at radius 3 is 2.67 bits per heavy atom. The average Bonchev–Trinajstić information content (AvgIpc) is 3.47. The van der Waals surface area contributed by atoms with Gasteiger partial charge in [0.15, 0.2) is 11.0 Å². The van der Waals surface area contributed by atoms with Crippen LogP contribution in [0.2, 0.25) is 0 Å². The number of hydrogen-bond donors (Lipinski definition) is 1. The molecule has 1 aliphatic rings. The molecule has 1 saturated carbocycles. The number of methoxy groups -OCH3 is 1. The number of carbonyl (C=O) groups excluding carboxylic acids is 1. The second-order valence-electron chi connectivity index (χ2n) is 6.70. The first-order valence-corrected chi connectivity index (χ1v) is 9.92. The summed E-state index contributed by atoms with van der Waals surface area (Å²) in [6, 6.07) is 9.87. The van der Waals surface area contributed by atoms with Gasteiger partial charge in [0.1, 0.15) is 11.3 Å². The van der Waals surface area contributed by atoms with Crippen LogP contribution in [0.15, 0.2) is 29.4 Å². The van der Waals surface area contributed by atoms with Crippen LogP contribution >= 0.6 is 11.8 Å². The first-order valence-electron chi connectivity index (χ1n) is 8.93. The monoisotopic (exact) mass is 385 g/mol. The average molecular weight is 385 g/mol. The van der Waals surface area contributed by atoms with Crippen LogP contribution < -0.4 is 10.1 Å². The predicted molar refractivity (Wildman–Crippen MR) is 103 cm³/mol. The summed E-state index contributed by atoms with van der Waals surface area (Å²) >= 11 is 1.33. The van der Waals surface area contributed by atoms with Crippen LogP contribution in [-0.2, 0) is 11.3 Å². The number of nitriles is 1. The van der Waals surface area contributed by atoms with Crippen LogP contribution in [-0.4, -0.2) is 39.1 Å². The molecule has 8 heteroatoms. The van der Waals surface area contributed by atoms with Gasteiger partial charge in [0.2, 0.25) is 5.91 Å². The molecular weight excluding hydrogens is 362 g/mol. The van der Waals surface area contributed by atoms with Gasteiger partial charge in [-0.2, -0.15) is 5.26 Å². The van der Waals surface area contributed by atoms with Crippen molar-refractivity contribution in [3.8, 4) is 23.2 Å². The summed E-state index contributed by atoms with van der Waals surface area (Å²) in [6.45, 7) is 4.50. The van der Waals surface area contributed by atoms with Gasteiger partial charge in [-0.3, -0.25) is 4.79 Å². The fourth-order valence-corrected chi connectivity index (χ4v) is 3.77. The van der Waals surface area contributed by atoms with Crippen LogP contribution in [0.5, 0.6) is 5.75 Å². The molecule has 27 heavy (non-hydrogen) atoms. The maximum Gasteiger partial charge on any atom is 0.231 e. The summed E-state index contributed by atoms with van der Waals surface area (Å²) in [5.41, 5.74) is 0.164. The zero-order valence-corrected chi connectivity index (χ0v) is 16.5. The number of thioether (sulfide) groups is 1. The molecule has 7 nitrogen and oxygen atoms in total. The van der Waals surface area contributed by atoms with E-state index in [0.717, 1.165) is 30.0 Å². The van der Waals surface area contributed by atoms with Gasteiger partial charge < -0.3 is 14.6 Å². The quantitative estimate of drug-likeness (QED) is 0.703. The molecule has 0 radical (unpaired) electrons. The fourth-order valence-electron chi connectivity index (χ4n) is 2.97. The van der Waals surface area contributed by atoms with E-state index in [-0.39, 0.29) is 17.6 Å². The van der Waals surface area contributed by atoms with E-state index in [4.69, 9.17) is 4.74 Å². The highest BCUT2D eigenvalue weighted by Gasteiger charge is 2.42. The van der Waals surface area contributed by atoms with Gasteiger partial charge in [0.05, 0.1) is 18.9 Å². The van der Waals surface area contributed by atoms with Crippen molar-refractivity contribution >= 4 is 17.7 Å².